The fourth-order valence-electron chi connectivity index (χ4n) is 4.84. The number of benzene rings is 2. The number of methoxy groups -OCH3 is 1. The van der Waals surface area contributed by atoms with Crippen LogP contribution < -0.4 is 10.1 Å². The van der Waals surface area contributed by atoms with Gasteiger partial charge < -0.3 is 15.0 Å². The van der Waals surface area contributed by atoms with E-state index in [9.17, 15) is 18.0 Å². The highest BCUT2D eigenvalue weighted by Gasteiger charge is 2.32. The Morgan fingerprint density at radius 1 is 0.943 bits per heavy atom. The van der Waals surface area contributed by atoms with Gasteiger partial charge in [0.25, 0.3) is 5.91 Å². The molecule has 2 aromatic rings. The van der Waals surface area contributed by atoms with E-state index in [1.807, 2.05) is 19.1 Å². The summed E-state index contributed by atoms with van der Waals surface area (Å²) in [5.74, 6) is 0.184. The maximum atomic E-state index is 13.0. The number of nitrogens with zero attached hydrogens (tertiary/aromatic N) is 2. The average Bonchev–Trinajstić information content (AvgIpc) is 2.89. The number of ether oxygens (including phenoxy) is 1. The summed E-state index contributed by atoms with van der Waals surface area (Å²) >= 11 is 0. The van der Waals surface area contributed by atoms with E-state index in [-0.39, 0.29) is 28.7 Å². The van der Waals surface area contributed by atoms with Crippen molar-refractivity contribution in [3.8, 4) is 5.75 Å². The summed E-state index contributed by atoms with van der Waals surface area (Å²) in [5.41, 5.74) is 1.08. The smallest absolute Gasteiger partial charge is 0.253 e. The molecule has 2 aliphatic heterocycles. The first-order valence-electron chi connectivity index (χ1n) is 12.2. The fraction of sp³-hybridized carbons (Fsp3) is 0.462. The molecule has 2 heterocycles. The van der Waals surface area contributed by atoms with Gasteiger partial charge in [-0.15, -0.1) is 0 Å². The highest BCUT2D eigenvalue weighted by molar-refractivity contribution is 7.89. The third-order valence-electron chi connectivity index (χ3n) is 6.97. The number of para-hydroxylation sites is 2. The van der Waals surface area contributed by atoms with Crippen molar-refractivity contribution in [2.75, 3.05) is 32.1 Å². The zero-order chi connectivity index (χ0) is 25.0. The third kappa shape index (κ3) is 5.51. The summed E-state index contributed by atoms with van der Waals surface area (Å²) in [6.07, 6.45) is 3.90. The van der Waals surface area contributed by atoms with Crippen LogP contribution in [0.4, 0.5) is 5.69 Å². The van der Waals surface area contributed by atoms with E-state index in [4.69, 9.17) is 4.74 Å². The molecule has 2 fully saturated rings. The van der Waals surface area contributed by atoms with Gasteiger partial charge in [0, 0.05) is 37.2 Å². The first kappa shape index (κ1) is 25.2. The monoisotopic (exact) mass is 499 g/mol. The molecular formula is C26H33N3O5S. The first-order valence-corrected chi connectivity index (χ1v) is 13.6. The van der Waals surface area contributed by atoms with Crippen LogP contribution in [-0.2, 0) is 14.8 Å². The van der Waals surface area contributed by atoms with Crippen LogP contribution in [0.3, 0.4) is 0 Å². The van der Waals surface area contributed by atoms with Crippen molar-refractivity contribution >= 4 is 27.5 Å². The Bertz CT molecular complexity index is 1160. The van der Waals surface area contributed by atoms with Crippen molar-refractivity contribution < 1.29 is 22.7 Å². The zero-order valence-electron chi connectivity index (χ0n) is 20.3. The second-order valence-corrected chi connectivity index (χ2v) is 11.1. The lowest BCUT2D eigenvalue weighted by Crippen LogP contribution is -2.42. The molecule has 0 aromatic heterocycles. The Balaban J connectivity index is 1.35. The molecule has 188 valence electrons. The van der Waals surface area contributed by atoms with E-state index in [1.165, 1.54) is 12.1 Å². The Morgan fingerprint density at radius 2 is 1.63 bits per heavy atom. The lowest BCUT2D eigenvalue weighted by atomic mass is 9.95. The van der Waals surface area contributed by atoms with E-state index >= 15 is 0 Å². The number of rotatable bonds is 6. The predicted molar refractivity (Wildman–Crippen MR) is 134 cm³/mol. The molecular weight excluding hydrogens is 466 g/mol. The summed E-state index contributed by atoms with van der Waals surface area (Å²) in [6, 6.07) is 13.5. The van der Waals surface area contributed by atoms with Gasteiger partial charge in [-0.05, 0) is 69.0 Å². The number of anilines is 1. The molecule has 8 nitrogen and oxygen atoms in total. The second-order valence-electron chi connectivity index (χ2n) is 9.24. The summed E-state index contributed by atoms with van der Waals surface area (Å²) in [4.78, 5) is 27.7. The van der Waals surface area contributed by atoms with Crippen molar-refractivity contribution in [3.05, 3.63) is 54.1 Å². The lowest BCUT2D eigenvalue weighted by Gasteiger charge is -2.32. The van der Waals surface area contributed by atoms with E-state index in [2.05, 4.69) is 5.32 Å². The first-order chi connectivity index (χ1) is 16.8. The largest absolute Gasteiger partial charge is 0.495 e. The molecule has 2 amide bonds. The number of carbonyl (C=O) groups excluding carboxylic acids is 2. The summed E-state index contributed by atoms with van der Waals surface area (Å²) in [5, 5.41) is 2.93. The van der Waals surface area contributed by atoms with Gasteiger partial charge in [0.2, 0.25) is 15.9 Å². The summed E-state index contributed by atoms with van der Waals surface area (Å²) in [7, 11) is -2.01. The predicted octanol–water partition coefficient (Wildman–Crippen LogP) is 3.75. The van der Waals surface area contributed by atoms with Crippen LogP contribution >= 0.6 is 0 Å². The quantitative estimate of drug-likeness (QED) is 0.653. The minimum atomic E-state index is -3.57. The molecule has 2 aliphatic rings. The van der Waals surface area contributed by atoms with Crippen molar-refractivity contribution in [1.29, 1.82) is 0 Å². The molecule has 2 aromatic carbocycles. The van der Waals surface area contributed by atoms with Gasteiger partial charge >= 0.3 is 0 Å². The van der Waals surface area contributed by atoms with Crippen LogP contribution in [0.25, 0.3) is 0 Å². The highest BCUT2D eigenvalue weighted by atomic mass is 32.2. The van der Waals surface area contributed by atoms with Gasteiger partial charge in [-0.1, -0.05) is 18.6 Å². The minimum Gasteiger partial charge on any atom is -0.495 e. The maximum absolute atomic E-state index is 13.0. The minimum absolute atomic E-state index is 0.0171. The topological polar surface area (TPSA) is 96.0 Å². The molecule has 1 N–H and O–H groups in total. The molecule has 4 rings (SSSR count). The Morgan fingerprint density at radius 3 is 2.29 bits per heavy atom. The van der Waals surface area contributed by atoms with Gasteiger partial charge in [0.05, 0.1) is 17.7 Å². The molecule has 2 saturated heterocycles. The van der Waals surface area contributed by atoms with Gasteiger partial charge in [-0.25, -0.2) is 8.42 Å². The van der Waals surface area contributed by atoms with Crippen LogP contribution in [-0.4, -0.2) is 62.2 Å². The average molecular weight is 500 g/mol. The van der Waals surface area contributed by atoms with Gasteiger partial charge in [-0.2, -0.15) is 4.31 Å². The number of amides is 2. The van der Waals surface area contributed by atoms with E-state index in [1.54, 1.807) is 40.6 Å². The third-order valence-corrected chi connectivity index (χ3v) is 9.00. The highest BCUT2D eigenvalue weighted by Crippen LogP contribution is 2.28. The number of piperidine rings is 2. The summed E-state index contributed by atoms with van der Waals surface area (Å²) in [6.45, 7) is 3.40. The number of hydrogen-bond acceptors (Lipinski definition) is 5. The molecule has 9 heteroatoms. The normalized spacial score (nSPS) is 19.8. The number of carbonyl (C=O) groups is 2. The molecule has 1 unspecified atom stereocenters. The molecule has 35 heavy (non-hydrogen) atoms. The number of sulfonamides is 1. The van der Waals surface area contributed by atoms with E-state index in [0.717, 1.165) is 19.3 Å². The fourth-order valence-corrected chi connectivity index (χ4v) is 6.54. The van der Waals surface area contributed by atoms with E-state index < -0.39 is 10.0 Å². The number of likely N-dealkylation sites (tertiary alicyclic amines) is 1. The summed E-state index contributed by atoms with van der Waals surface area (Å²) < 4.78 is 32.9. The molecule has 0 spiro atoms. The Labute approximate surface area is 207 Å². The van der Waals surface area contributed by atoms with Gasteiger partial charge in [0.1, 0.15) is 5.75 Å². The zero-order valence-corrected chi connectivity index (χ0v) is 21.1. The van der Waals surface area contributed by atoms with Crippen molar-refractivity contribution in [1.82, 2.24) is 9.21 Å². The van der Waals surface area contributed by atoms with Crippen molar-refractivity contribution in [2.24, 2.45) is 5.92 Å². The molecule has 1 atom stereocenters. The van der Waals surface area contributed by atoms with Crippen LogP contribution in [0, 0.1) is 5.92 Å². The Hall–Kier alpha value is -2.91. The molecule has 0 radical (unpaired) electrons. The van der Waals surface area contributed by atoms with Gasteiger partial charge in [-0.3, -0.25) is 9.59 Å². The van der Waals surface area contributed by atoms with Crippen LogP contribution in [0.1, 0.15) is 49.4 Å². The molecule has 0 aliphatic carbocycles. The second kappa shape index (κ2) is 10.8. The number of hydrogen-bond donors (Lipinski definition) is 1. The SMILES string of the molecule is COc1ccccc1NC(=O)C1CCN(C(=O)c2ccc(S(=O)(=O)N3CCCCC3C)cc2)CC1. The van der Waals surface area contributed by atoms with Crippen LogP contribution in [0.5, 0.6) is 5.75 Å². The Kier molecular flexibility index (Phi) is 7.76. The van der Waals surface area contributed by atoms with Crippen LogP contribution in [0.2, 0.25) is 0 Å². The maximum Gasteiger partial charge on any atom is 0.253 e. The standard InChI is InChI=1S/C26H33N3O5S/c1-19-7-5-6-16-29(19)35(32,33)22-12-10-21(11-13-22)26(31)28-17-14-20(15-18-28)25(30)27-23-8-3-4-9-24(23)34-2/h3-4,8-13,19-20H,5-7,14-18H2,1-2H3,(H,27,30). The van der Waals surface area contributed by atoms with Crippen molar-refractivity contribution in [2.45, 2.75) is 50.0 Å². The lowest BCUT2D eigenvalue weighted by molar-refractivity contribution is -0.121. The molecule has 0 saturated carbocycles. The molecule has 0 bridgehead atoms. The number of nitrogens with one attached hydrogen (secondary N) is 1. The van der Waals surface area contributed by atoms with Crippen molar-refractivity contribution in [3.63, 3.8) is 0 Å². The van der Waals surface area contributed by atoms with Gasteiger partial charge in [0.15, 0.2) is 0 Å². The van der Waals surface area contributed by atoms with Crippen LogP contribution in [0.15, 0.2) is 53.4 Å². The van der Waals surface area contributed by atoms with E-state index in [0.29, 0.717) is 49.5 Å².